The van der Waals surface area contributed by atoms with Crippen LogP contribution in [0.3, 0.4) is 0 Å². The topological polar surface area (TPSA) is 20.2 Å². The molecule has 0 aromatic heterocycles. The highest BCUT2D eigenvalue weighted by molar-refractivity contribution is 4.91. The molecule has 19 heavy (non-hydrogen) atoms. The summed E-state index contributed by atoms with van der Waals surface area (Å²) in [6, 6.07) is 0. The first-order valence-corrected chi connectivity index (χ1v) is 8.90. The normalized spacial score (nSPS) is 40.9. The van der Waals surface area contributed by atoms with E-state index in [1.807, 2.05) is 0 Å². The molecular formula is C18H34O. The number of rotatable bonds is 4. The molecule has 0 aromatic rings. The van der Waals surface area contributed by atoms with E-state index >= 15 is 0 Å². The first kappa shape index (κ1) is 15.4. The molecule has 112 valence electrons. The molecule has 0 amide bonds. The van der Waals surface area contributed by atoms with Gasteiger partial charge in [-0.3, -0.25) is 0 Å². The molecule has 0 saturated heterocycles. The van der Waals surface area contributed by atoms with Crippen LogP contribution in [0.15, 0.2) is 0 Å². The second-order valence-electron chi connectivity index (χ2n) is 7.32. The van der Waals surface area contributed by atoms with Crippen molar-refractivity contribution < 1.29 is 5.11 Å². The fraction of sp³-hybridized carbons (Fsp3) is 1.00. The van der Waals surface area contributed by atoms with Crippen molar-refractivity contribution in [3.05, 3.63) is 0 Å². The van der Waals surface area contributed by atoms with Gasteiger partial charge in [0.25, 0.3) is 0 Å². The number of hydrogen-bond acceptors (Lipinski definition) is 1. The molecule has 1 heteroatoms. The molecule has 2 unspecified atom stereocenters. The molecule has 2 rings (SSSR count). The third kappa shape index (κ3) is 3.97. The molecule has 2 aliphatic carbocycles. The molecule has 2 fully saturated rings. The van der Waals surface area contributed by atoms with Crippen molar-refractivity contribution in [2.75, 3.05) is 0 Å². The summed E-state index contributed by atoms with van der Waals surface area (Å²) in [7, 11) is 0. The summed E-state index contributed by atoms with van der Waals surface area (Å²) in [4.78, 5) is 0. The van der Waals surface area contributed by atoms with Crippen LogP contribution in [-0.2, 0) is 0 Å². The monoisotopic (exact) mass is 266 g/mol. The van der Waals surface area contributed by atoms with Crippen LogP contribution >= 0.6 is 0 Å². The van der Waals surface area contributed by atoms with Crippen LogP contribution in [0.25, 0.3) is 0 Å². The quantitative estimate of drug-likeness (QED) is 0.683. The predicted octanol–water partition coefficient (Wildman–Crippen LogP) is 5.31. The maximum Gasteiger partial charge on any atom is 0.0675 e. The summed E-state index contributed by atoms with van der Waals surface area (Å²) in [6.07, 6.45) is 15.4. The maximum absolute atomic E-state index is 11.1. The highest BCUT2D eigenvalue weighted by Crippen LogP contribution is 2.44. The Kier molecular flexibility index (Phi) is 5.74. The summed E-state index contributed by atoms with van der Waals surface area (Å²) in [5.74, 6) is 2.44. The van der Waals surface area contributed by atoms with Gasteiger partial charge in [0.15, 0.2) is 0 Å². The van der Waals surface area contributed by atoms with Crippen LogP contribution in [0.1, 0.15) is 90.9 Å². The van der Waals surface area contributed by atoms with Gasteiger partial charge in [-0.05, 0) is 49.9 Å². The van der Waals surface area contributed by atoms with Gasteiger partial charge in [-0.25, -0.2) is 0 Å². The second kappa shape index (κ2) is 7.11. The third-order valence-corrected chi connectivity index (χ3v) is 6.09. The number of aliphatic hydroxyl groups is 1. The Balaban J connectivity index is 1.88. The van der Waals surface area contributed by atoms with Crippen molar-refractivity contribution in [1.82, 2.24) is 0 Å². The average molecular weight is 266 g/mol. The van der Waals surface area contributed by atoms with Crippen molar-refractivity contribution in [3.8, 4) is 0 Å². The fourth-order valence-corrected chi connectivity index (χ4v) is 4.63. The Morgan fingerprint density at radius 2 is 1.63 bits per heavy atom. The summed E-state index contributed by atoms with van der Waals surface area (Å²) < 4.78 is 0. The molecule has 1 N–H and O–H groups in total. The van der Waals surface area contributed by atoms with Crippen LogP contribution in [0.4, 0.5) is 0 Å². The predicted molar refractivity (Wildman–Crippen MR) is 82.2 cm³/mol. The maximum atomic E-state index is 11.1. The van der Waals surface area contributed by atoms with Gasteiger partial charge in [0.1, 0.15) is 0 Å². The minimum Gasteiger partial charge on any atom is -0.390 e. The Bertz CT molecular complexity index is 254. The average Bonchev–Trinajstić information content (AvgIpc) is 2.63. The van der Waals surface area contributed by atoms with E-state index in [0.29, 0.717) is 5.92 Å². The van der Waals surface area contributed by atoms with Crippen LogP contribution < -0.4 is 0 Å². The van der Waals surface area contributed by atoms with E-state index in [0.717, 1.165) is 24.7 Å². The Morgan fingerprint density at radius 1 is 0.895 bits per heavy atom. The molecular weight excluding hydrogens is 232 g/mol. The van der Waals surface area contributed by atoms with E-state index in [4.69, 9.17) is 0 Å². The van der Waals surface area contributed by atoms with Crippen LogP contribution in [-0.4, -0.2) is 10.7 Å². The van der Waals surface area contributed by atoms with E-state index < -0.39 is 0 Å². The van der Waals surface area contributed by atoms with Crippen molar-refractivity contribution >= 4 is 0 Å². The van der Waals surface area contributed by atoms with E-state index in [1.165, 1.54) is 64.2 Å². The van der Waals surface area contributed by atoms with Gasteiger partial charge < -0.3 is 5.11 Å². The molecule has 2 atom stereocenters. The van der Waals surface area contributed by atoms with Crippen LogP contribution in [0.5, 0.6) is 0 Å². The van der Waals surface area contributed by atoms with Crippen molar-refractivity contribution in [2.45, 2.75) is 96.5 Å². The lowest BCUT2D eigenvalue weighted by molar-refractivity contribution is -0.0509. The van der Waals surface area contributed by atoms with Gasteiger partial charge in [0.2, 0.25) is 0 Å². The van der Waals surface area contributed by atoms with Gasteiger partial charge in [-0.1, -0.05) is 58.8 Å². The Hall–Kier alpha value is -0.0400. The summed E-state index contributed by atoms with van der Waals surface area (Å²) in [5, 5.41) is 11.1. The van der Waals surface area contributed by atoms with Gasteiger partial charge >= 0.3 is 0 Å². The van der Waals surface area contributed by atoms with Gasteiger partial charge in [0.05, 0.1) is 5.60 Å². The lowest BCUT2D eigenvalue weighted by atomic mass is 9.70. The van der Waals surface area contributed by atoms with E-state index in [-0.39, 0.29) is 5.60 Å². The lowest BCUT2D eigenvalue weighted by Crippen LogP contribution is -2.39. The molecule has 1 nitrogen and oxygen atoms in total. The first-order valence-electron chi connectivity index (χ1n) is 8.90. The fourth-order valence-electron chi connectivity index (χ4n) is 4.63. The molecule has 0 bridgehead atoms. The van der Waals surface area contributed by atoms with E-state index in [1.54, 1.807) is 0 Å². The highest BCUT2D eigenvalue weighted by atomic mass is 16.3. The van der Waals surface area contributed by atoms with Gasteiger partial charge in [-0.2, -0.15) is 0 Å². The third-order valence-electron chi connectivity index (χ3n) is 6.09. The molecule has 0 aromatic carbocycles. The Morgan fingerprint density at radius 3 is 2.26 bits per heavy atom. The zero-order chi connectivity index (χ0) is 13.7. The zero-order valence-corrected chi connectivity index (χ0v) is 13.2. The van der Waals surface area contributed by atoms with Crippen molar-refractivity contribution in [1.29, 1.82) is 0 Å². The van der Waals surface area contributed by atoms with Crippen LogP contribution in [0, 0.1) is 17.8 Å². The molecule has 0 spiro atoms. The zero-order valence-electron chi connectivity index (χ0n) is 13.2. The smallest absolute Gasteiger partial charge is 0.0675 e. The van der Waals surface area contributed by atoms with Crippen LogP contribution in [0.2, 0.25) is 0 Å². The van der Waals surface area contributed by atoms with E-state index in [9.17, 15) is 5.11 Å². The standard InChI is InChI=1S/C18H34O/c1-3-6-16-7-5-13-18(19,14-12-16)17-10-8-15(4-2)9-11-17/h15-17,19H,3-14H2,1-2H3. The molecule has 0 radical (unpaired) electrons. The second-order valence-corrected chi connectivity index (χ2v) is 7.32. The minimum atomic E-state index is -0.304. The molecule has 0 heterocycles. The number of hydrogen-bond donors (Lipinski definition) is 1. The lowest BCUT2D eigenvalue weighted by Gasteiger charge is -2.40. The van der Waals surface area contributed by atoms with Gasteiger partial charge in [-0.15, -0.1) is 0 Å². The van der Waals surface area contributed by atoms with Gasteiger partial charge in [0, 0.05) is 0 Å². The summed E-state index contributed by atoms with van der Waals surface area (Å²) in [5.41, 5.74) is -0.304. The summed E-state index contributed by atoms with van der Waals surface area (Å²) in [6.45, 7) is 4.61. The molecule has 0 aliphatic heterocycles. The SMILES string of the molecule is CCCC1CCCC(O)(C2CCC(CC)CC2)CC1. The van der Waals surface area contributed by atoms with Crippen molar-refractivity contribution in [2.24, 2.45) is 17.8 Å². The summed E-state index contributed by atoms with van der Waals surface area (Å²) >= 11 is 0. The highest BCUT2D eigenvalue weighted by Gasteiger charge is 2.39. The van der Waals surface area contributed by atoms with Crippen molar-refractivity contribution in [3.63, 3.8) is 0 Å². The largest absolute Gasteiger partial charge is 0.390 e. The van der Waals surface area contributed by atoms with E-state index in [2.05, 4.69) is 13.8 Å². The molecule has 2 saturated carbocycles. The molecule has 2 aliphatic rings. The minimum absolute atomic E-state index is 0.304. The first-order chi connectivity index (χ1) is 9.18. The Labute approximate surface area is 120 Å².